The zero-order chi connectivity index (χ0) is 13.7. The van der Waals surface area contributed by atoms with E-state index in [1.54, 1.807) is 31.6 Å². The van der Waals surface area contributed by atoms with Gasteiger partial charge in [-0.3, -0.25) is 9.78 Å². The van der Waals surface area contributed by atoms with Gasteiger partial charge in [0.25, 0.3) is 5.91 Å². The Morgan fingerprint density at radius 1 is 1.53 bits per heavy atom. The maximum atomic E-state index is 12.4. The molecule has 0 aliphatic rings. The van der Waals surface area contributed by atoms with Crippen LogP contribution in [-0.2, 0) is 0 Å². The van der Waals surface area contributed by atoms with Crippen molar-refractivity contribution < 1.29 is 9.90 Å². The van der Waals surface area contributed by atoms with Crippen molar-refractivity contribution in [1.29, 1.82) is 0 Å². The van der Waals surface area contributed by atoms with Gasteiger partial charge in [-0.1, -0.05) is 11.8 Å². The van der Waals surface area contributed by atoms with Crippen LogP contribution in [-0.4, -0.2) is 29.7 Å². The van der Waals surface area contributed by atoms with Crippen molar-refractivity contribution in [1.82, 2.24) is 4.98 Å². The number of anilines is 1. The maximum Gasteiger partial charge on any atom is 0.269 e. The Hall–Kier alpha value is -2.16. The van der Waals surface area contributed by atoms with Gasteiger partial charge in [0.15, 0.2) is 0 Å². The molecule has 2 aromatic heterocycles. The first-order chi connectivity index (χ1) is 9.24. The summed E-state index contributed by atoms with van der Waals surface area (Å²) in [5.41, 5.74) is 1.36. The fourth-order valence-corrected chi connectivity index (χ4v) is 2.35. The normalized spacial score (nSPS) is 9.58. The molecule has 0 bridgehead atoms. The summed E-state index contributed by atoms with van der Waals surface area (Å²) in [5.74, 6) is 5.20. The van der Waals surface area contributed by atoms with E-state index in [9.17, 15) is 4.79 Å². The summed E-state index contributed by atoms with van der Waals surface area (Å²) in [7, 11) is 1.70. The molecule has 2 rings (SSSR count). The van der Waals surface area contributed by atoms with Crippen molar-refractivity contribution in [2.24, 2.45) is 0 Å². The Kier molecular flexibility index (Phi) is 4.29. The standard InChI is InChI=1S/C14H12N2O2S/c1-16(12-5-2-7-15-10-12)14(18)13-11(4-3-8-17)6-9-19-13/h2,5-7,9-10,17H,8H2,1H3. The molecule has 96 valence electrons. The molecule has 0 aliphatic heterocycles. The minimum absolute atomic E-state index is 0.134. The summed E-state index contributed by atoms with van der Waals surface area (Å²) in [6.45, 7) is -0.220. The molecule has 1 N–H and O–H groups in total. The third kappa shape index (κ3) is 2.99. The largest absolute Gasteiger partial charge is 0.384 e. The molecular weight excluding hydrogens is 260 g/mol. The number of carbonyl (C=O) groups is 1. The maximum absolute atomic E-state index is 12.4. The van der Waals surface area contributed by atoms with Gasteiger partial charge in [-0.25, -0.2) is 0 Å². The van der Waals surface area contributed by atoms with Gasteiger partial charge >= 0.3 is 0 Å². The van der Waals surface area contributed by atoms with Gasteiger partial charge in [-0.15, -0.1) is 11.3 Å². The van der Waals surface area contributed by atoms with Crippen LogP contribution in [0.2, 0.25) is 0 Å². The molecule has 19 heavy (non-hydrogen) atoms. The van der Waals surface area contributed by atoms with Crippen molar-refractivity contribution in [3.63, 3.8) is 0 Å². The first-order valence-corrected chi connectivity index (χ1v) is 6.47. The number of hydrogen-bond acceptors (Lipinski definition) is 4. The van der Waals surface area contributed by atoms with Gasteiger partial charge in [0.05, 0.1) is 11.9 Å². The lowest BCUT2D eigenvalue weighted by atomic mass is 10.2. The highest BCUT2D eigenvalue weighted by molar-refractivity contribution is 7.12. The number of aliphatic hydroxyl groups is 1. The number of aliphatic hydroxyl groups excluding tert-OH is 1. The zero-order valence-corrected chi connectivity index (χ0v) is 11.1. The lowest BCUT2D eigenvalue weighted by Gasteiger charge is -2.15. The molecule has 4 nitrogen and oxygen atoms in total. The van der Waals surface area contributed by atoms with Crippen molar-refractivity contribution in [2.45, 2.75) is 0 Å². The highest BCUT2D eigenvalue weighted by Gasteiger charge is 2.17. The van der Waals surface area contributed by atoms with E-state index < -0.39 is 0 Å². The van der Waals surface area contributed by atoms with E-state index >= 15 is 0 Å². The molecule has 0 radical (unpaired) electrons. The number of aromatic nitrogens is 1. The second-order valence-corrected chi connectivity index (χ2v) is 4.61. The number of carbonyl (C=O) groups excluding carboxylic acids is 1. The van der Waals surface area contributed by atoms with Crippen LogP contribution in [0.1, 0.15) is 15.2 Å². The predicted molar refractivity (Wildman–Crippen MR) is 75.3 cm³/mol. The average Bonchev–Trinajstić information content (AvgIpc) is 2.92. The van der Waals surface area contributed by atoms with E-state index in [0.29, 0.717) is 10.4 Å². The molecule has 2 aromatic rings. The van der Waals surface area contributed by atoms with E-state index in [0.717, 1.165) is 5.69 Å². The molecule has 0 fully saturated rings. The molecule has 0 aliphatic carbocycles. The van der Waals surface area contributed by atoms with Gasteiger partial charge in [0.2, 0.25) is 0 Å². The van der Waals surface area contributed by atoms with Gasteiger partial charge in [0, 0.05) is 18.8 Å². The van der Waals surface area contributed by atoms with Gasteiger partial charge in [-0.05, 0) is 23.6 Å². The summed E-state index contributed by atoms with van der Waals surface area (Å²) >= 11 is 1.34. The van der Waals surface area contributed by atoms with Crippen LogP contribution in [0.3, 0.4) is 0 Å². The highest BCUT2D eigenvalue weighted by Crippen LogP contribution is 2.20. The Labute approximate surface area is 115 Å². The smallest absolute Gasteiger partial charge is 0.269 e. The number of rotatable bonds is 2. The number of hydrogen-bond donors (Lipinski definition) is 1. The Morgan fingerprint density at radius 3 is 3.05 bits per heavy atom. The lowest BCUT2D eigenvalue weighted by Crippen LogP contribution is -2.26. The van der Waals surface area contributed by atoms with Gasteiger partial charge < -0.3 is 10.0 Å². The van der Waals surface area contributed by atoms with Crippen LogP contribution in [0.5, 0.6) is 0 Å². The molecule has 0 unspecified atom stereocenters. The van der Waals surface area contributed by atoms with Crippen LogP contribution >= 0.6 is 11.3 Å². The van der Waals surface area contributed by atoms with Crippen molar-refractivity contribution in [3.05, 3.63) is 46.4 Å². The van der Waals surface area contributed by atoms with E-state index in [2.05, 4.69) is 16.8 Å². The quantitative estimate of drug-likeness (QED) is 0.848. The Bertz CT molecular complexity index is 626. The number of nitrogens with zero attached hydrogens (tertiary/aromatic N) is 2. The molecule has 5 heteroatoms. The summed E-state index contributed by atoms with van der Waals surface area (Å²) in [5, 5.41) is 10.5. The summed E-state index contributed by atoms with van der Waals surface area (Å²) in [4.78, 5) is 18.5. The highest BCUT2D eigenvalue weighted by atomic mass is 32.1. The van der Waals surface area contributed by atoms with Gasteiger partial charge in [-0.2, -0.15) is 0 Å². The van der Waals surface area contributed by atoms with Crippen molar-refractivity contribution >= 4 is 22.9 Å². The van der Waals surface area contributed by atoms with Crippen LogP contribution in [0.25, 0.3) is 0 Å². The van der Waals surface area contributed by atoms with E-state index in [-0.39, 0.29) is 12.5 Å². The molecule has 0 spiro atoms. The third-order valence-electron chi connectivity index (χ3n) is 2.50. The third-order valence-corrected chi connectivity index (χ3v) is 3.40. The van der Waals surface area contributed by atoms with Crippen molar-refractivity contribution in [3.8, 4) is 11.8 Å². The zero-order valence-electron chi connectivity index (χ0n) is 10.3. The SMILES string of the molecule is CN(C(=O)c1sccc1C#CCO)c1cccnc1. The topological polar surface area (TPSA) is 53.4 Å². The molecular formula is C14H12N2O2S. The first-order valence-electron chi connectivity index (χ1n) is 5.59. The second-order valence-electron chi connectivity index (χ2n) is 3.70. The minimum atomic E-state index is -0.220. The molecule has 0 aromatic carbocycles. The lowest BCUT2D eigenvalue weighted by molar-refractivity contribution is 0.0996. The second kappa shape index (κ2) is 6.14. The molecule has 1 amide bonds. The van der Waals surface area contributed by atoms with Crippen LogP contribution < -0.4 is 4.90 Å². The molecule has 2 heterocycles. The summed E-state index contributed by atoms with van der Waals surface area (Å²) in [6.07, 6.45) is 3.29. The van der Waals surface area contributed by atoms with E-state index in [4.69, 9.17) is 5.11 Å². The minimum Gasteiger partial charge on any atom is -0.384 e. The average molecular weight is 272 g/mol. The van der Waals surface area contributed by atoms with Crippen molar-refractivity contribution in [2.75, 3.05) is 18.6 Å². The predicted octanol–water partition coefficient (Wildman–Crippen LogP) is 1.76. The monoisotopic (exact) mass is 272 g/mol. The summed E-state index contributed by atoms with van der Waals surface area (Å²) in [6, 6.07) is 5.37. The fraction of sp³-hybridized carbons (Fsp3) is 0.143. The summed E-state index contributed by atoms with van der Waals surface area (Å²) < 4.78 is 0. The van der Waals surface area contributed by atoms with Crippen LogP contribution in [0.4, 0.5) is 5.69 Å². The van der Waals surface area contributed by atoms with E-state index in [1.807, 2.05) is 11.4 Å². The Morgan fingerprint density at radius 2 is 2.37 bits per heavy atom. The van der Waals surface area contributed by atoms with Gasteiger partial charge in [0.1, 0.15) is 11.5 Å². The molecule has 0 atom stereocenters. The first kappa shape index (κ1) is 13.3. The van der Waals surface area contributed by atoms with Crippen LogP contribution in [0, 0.1) is 11.8 Å². The van der Waals surface area contributed by atoms with E-state index in [1.165, 1.54) is 16.2 Å². The number of thiophene rings is 1. The molecule has 0 saturated heterocycles. The van der Waals surface area contributed by atoms with Crippen LogP contribution in [0.15, 0.2) is 36.0 Å². The number of amides is 1. The molecule has 0 saturated carbocycles. The fourth-order valence-electron chi connectivity index (χ4n) is 1.53. The number of pyridine rings is 1. The Balaban J connectivity index is 2.28.